The van der Waals surface area contributed by atoms with Gasteiger partial charge in [-0.15, -0.1) is 0 Å². The van der Waals surface area contributed by atoms with Crippen molar-refractivity contribution < 1.29 is 14.4 Å². The number of anilines is 2. The van der Waals surface area contributed by atoms with Crippen LogP contribution < -0.4 is 16.0 Å². The topological polar surface area (TPSA) is 100 Å². The predicted octanol–water partition coefficient (Wildman–Crippen LogP) is 3.38. The average Bonchev–Trinajstić information content (AvgIpc) is 2.92. The van der Waals surface area contributed by atoms with Gasteiger partial charge in [-0.1, -0.05) is 39.0 Å². The fourth-order valence-electron chi connectivity index (χ4n) is 2.58. The van der Waals surface area contributed by atoms with Gasteiger partial charge in [-0.3, -0.25) is 14.4 Å². The van der Waals surface area contributed by atoms with Crippen LogP contribution in [0.5, 0.6) is 0 Å². The molecule has 0 fully saturated rings. The molecule has 8 heteroatoms. The highest BCUT2D eigenvalue weighted by atomic mass is 32.1. The Morgan fingerprint density at radius 3 is 2.41 bits per heavy atom. The van der Waals surface area contributed by atoms with Crippen molar-refractivity contribution in [3.05, 3.63) is 18.2 Å². The van der Waals surface area contributed by atoms with E-state index in [2.05, 4.69) is 20.9 Å². The van der Waals surface area contributed by atoms with Crippen molar-refractivity contribution in [3.8, 4) is 0 Å². The van der Waals surface area contributed by atoms with Gasteiger partial charge in [-0.25, -0.2) is 4.98 Å². The van der Waals surface area contributed by atoms with Gasteiger partial charge in [0.1, 0.15) is 6.04 Å². The van der Waals surface area contributed by atoms with Crippen molar-refractivity contribution in [1.82, 2.24) is 10.3 Å². The molecule has 0 aliphatic rings. The third-order valence-electron chi connectivity index (χ3n) is 3.80. The number of hydrogen-bond acceptors (Lipinski definition) is 5. The summed E-state index contributed by atoms with van der Waals surface area (Å²) in [4.78, 5) is 40.3. The van der Waals surface area contributed by atoms with E-state index in [1.807, 2.05) is 33.8 Å². The standard InChI is InChI=1S/C19H26N4O3S/c1-10(2)8-16(25)22-17(11(3)4)18(26)23-19-21-14-7-6-13(20-12(5)24)9-15(14)27-19/h6-7,9-11,17H,8H2,1-5H3,(H,20,24)(H,22,25)(H,21,23,26). The van der Waals surface area contributed by atoms with E-state index < -0.39 is 6.04 Å². The molecule has 7 nitrogen and oxygen atoms in total. The monoisotopic (exact) mass is 390 g/mol. The summed E-state index contributed by atoms with van der Waals surface area (Å²) in [5, 5.41) is 8.79. The van der Waals surface area contributed by atoms with E-state index in [0.717, 1.165) is 10.2 Å². The lowest BCUT2D eigenvalue weighted by Gasteiger charge is -2.21. The number of hydrogen-bond donors (Lipinski definition) is 3. The minimum absolute atomic E-state index is 0.0538. The molecule has 146 valence electrons. The van der Waals surface area contributed by atoms with Crippen molar-refractivity contribution in [2.45, 2.75) is 47.1 Å². The molecule has 0 spiro atoms. The molecule has 1 unspecified atom stereocenters. The van der Waals surface area contributed by atoms with Crippen molar-refractivity contribution in [1.29, 1.82) is 0 Å². The Kier molecular flexibility index (Phi) is 6.90. The molecule has 1 aromatic carbocycles. The summed E-state index contributed by atoms with van der Waals surface area (Å²) in [5.41, 5.74) is 1.41. The highest BCUT2D eigenvalue weighted by Crippen LogP contribution is 2.28. The zero-order valence-corrected chi connectivity index (χ0v) is 17.1. The molecule has 0 radical (unpaired) electrons. The summed E-state index contributed by atoms with van der Waals surface area (Å²) in [5.74, 6) is -0.402. The maximum Gasteiger partial charge on any atom is 0.248 e. The van der Waals surface area contributed by atoms with Crippen LogP contribution in [-0.2, 0) is 14.4 Å². The summed E-state index contributed by atoms with van der Waals surface area (Å²) in [6, 6.07) is 4.74. The molecule has 3 amide bonds. The zero-order chi connectivity index (χ0) is 20.1. The average molecular weight is 391 g/mol. The number of aromatic nitrogens is 1. The van der Waals surface area contributed by atoms with Gasteiger partial charge in [-0.05, 0) is 30.0 Å². The van der Waals surface area contributed by atoms with Crippen LogP contribution >= 0.6 is 11.3 Å². The van der Waals surface area contributed by atoms with Gasteiger partial charge >= 0.3 is 0 Å². The van der Waals surface area contributed by atoms with Gasteiger partial charge in [0, 0.05) is 19.0 Å². The molecule has 2 aromatic rings. The molecule has 1 aromatic heterocycles. The van der Waals surface area contributed by atoms with Gasteiger partial charge in [0.15, 0.2) is 5.13 Å². The van der Waals surface area contributed by atoms with Crippen LogP contribution in [-0.4, -0.2) is 28.7 Å². The van der Waals surface area contributed by atoms with E-state index in [9.17, 15) is 14.4 Å². The largest absolute Gasteiger partial charge is 0.344 e. The minimum atomic E-state index is -0.627. The third-order valence-corrected chi connectivity index (χ3v) is 4.73. The van der Waals surface area contributed by atoms with Gasteiger partial charge in [0.05, 0.1) is 10.2 Å². The van der Waals surface area contributed by atoms with Crippen LogP contribution in [0, 0.1) is 11.8 Å². The molecule has 0 aliphatic heterocycles. The Morgan fingerprint density at radius 1 is 1.11 bits per heavy atom. The first-order chi connectivity index (χ1) is 12.7. The fourth-order valence-corrected chi connectivity index (χ4v) is 3.49. The van der Waals surface area contributed by atoms with Gasteiger partial charge in [-0.2, -0.15) is 0 Å². The summed E-state index contributed by atoms with van der Waals surface area (Å²) in [6.45, 7) is 9.14. The van der Waals surface area contributed by atoms with Crippen molar-refractivity contribution >= 4 is 50.1 Å². The third kappa shape index (κ3) is 6.02. The first-order valence-electron chi connectivity index (χ1n) is 8.94. The molecule has 0 saturated carbocycles. The molecule has 27 heavy (non-hydrogen) atoms. The Balaban J connectivity index is 2.12. The molecule has 0 saturated heterocycles. The maximum absolute atomic E-state index is 12.6. The van der Waals surface area contributed by atoms with Crippen LogP contribution in [0.2, 0.25) is 0 Å². The Hall–Kier alpha value is -2.48. The predicted molar refractivity (Wildman–Crippen MR) is 109 cm³/mol. The normalized spacial score (nSPS) is 12.3. The van der Waals surface area contributed by atoms with Gasteiger partial charge < -0.3 is 16.0 Å². The highest BCUT2D eigenvalue weighted by Gasteiger charge is 2.25. The number of nitrogens with one attached hydrogen (secondary N) is 3. The molecule has 1 heterocycles. The second-order valence-corrected chi connectivity index (χ2v) is 8.29. The Labute approximate surface area is 162 Å². The van der Waals surface area contributed by atoms with E-state index in [1.165, 1.54) is 18.3 Å². The lowest BCUT2D eigenvalue weighted by molar-refractivity contribution is -0.127. The molecule has 0 bridgehead atoms. The first kappa shape index (κ1) is 20.8. The van der Waals surface area contributed by atoms with Crippen LogP contribution in [0.3, 0.4) is 0 Å². The zero-order valence-electron chi connectivity index (χ0n) is 16.3. The summed E-state index contributed by atoms with van der Waals surface area (Å²) < 4.78 is 0.849. The lowest BCUT2D eigenvalue weighted by Crippen LogP contribution is -2.47. The number of nitrogens with zero attached hydrogens (tertiary/aromatic N) is 1. The van der Waals surface area contributed by atoms with Crippen LogP contribution in [0.1, 0.15) is 41.0 Å². The summed E-state index contributed by atoms with van der Waals surface area (Å²) >= 11 is 1.32. The van der Waals surface area contributed by atoms with E-state index in [-0.39, 0.29) is 29.6 Å². The number of fused-ring (bicyclic) bond motifs is 1. The fraction of sp³-hybridized carbons (Fsp3) is 0.474. The van der Waals surface area contributed by atoms with Crippen LogP contribution in [0.25, 0.3) is 10.2 Å². The van der Waals surface area contributed by atoms with Crippen molar-refractivity contribution in [3.63, 3.8) is 0 Å². The smallest absolute Gasteiger partial charge is 0.248 e. The molecule has 3 N–H and O–H groups in total. The van der Waals surface area contributed by atoms with E-state index in [4.69, 9.17) is 0 Å². The second-order valence-electron chi connectivity index (χ2n) is 7.26. The van der Waals surface area contributed by atoms with Gasteiger partial charge in [0.2, 0.25) is 17.7 Å². The number of carbonyl (C=O) groups is 3. The van der Waals surface area contributed by atoms with Crippen molar-refractivity contribution in [2.24, 2.45) is 11.8 Å². The van der Waals surface area contributed by atoms with E-state index in [0.29, 0.717) is 17.2 Å². The summed E-state index contributed by atoms with van der Waals surface area (Å²) in [6.07, 6.45) is 0.379. The Bertz CT molecular complexity index is 845. The Morgan fingerprint density at radius 2 is 1.81 bits per heavy atom. The quantitative estimate of drug-likeness (QED) is 0.675. The molecular weight excluding hydrogens is 364 g/mol. The number of thiazole rings is 1. The van der Waals surface area contributed by atoms with Crippen LogP contribution in [0.4, 0.5) is 10.8 Å². The molecular formula is C19H26N4O3S. The molecule has 1 atom stereocenters. The van der Waals surface area contributed by atoms with E-state index >= 15 is 0 Å². The lowest BCUT2D eigenvalue weighted by atomic mass is 10.0. The van der Waals surface area contributed by atoms with Crippen molar-refractivity contribution in [2.75, 3.05) is 10.6 Å². The second kappa shape index (κ2) is 8.94. The number of amides is 3. The maximum atomic E-state index is 12.6. The molecule has 0 aliphatic carbocycles. The van der Waals surface area contributed by atoms with Crippen LogP contribution in [0.15, 0.2) is 18.2 Å². The number of rotatable bonds is 7. The number of benzene rings is 1. The number of carbonyl (C=O) groups excluding carboxylic acids is 3. The molecule has 2 rings (SSSR count). The SMILES string of the molecule is CC(=O)Nc1ccc2nc(NC(=O)C(NC(=O)CC(C)C)C(C)C)sc2c1. The first-order valence-corrected chi connectivity index (χ1v) is 9.75. The highest BCUT2D eigenvalue weighted by molar-refractivity contribution is 7.22. The van der Waals surface area contributed by atoms with Gasteiger partial charge in [0.25, 0.3) is 0 Å². The summed E-state index contributed by atoms with van der Waals surface area (Å²) in [7, 11) is 0. The van der Waals surface area contributed by atoms with E-state index in [1.54, 1.807) is 12.1 Å². The minimum Gasteiger partial charge on any atom is -0.344 e.